The Hall–Kier alpha value is -1.77. The van der Waals surface area contributed by atoms with Gasteiger partial charge in [0, 0.05) is 6.21 Å². The molecule has 3 nitrogen and oxygen atoms in total. The van der Waals surface area contributed by atoms with Crippen LogP contribution in [0.5, 0.6) is 5.75 Å². The maximum atomic E-state index is 6.15. The zero-order valence-corrected chi connectivity index (χ0v) is 13.0. The number of hydrogen-bond acceptors (Lipinski definition) is 3. The molecule has 1 aromatic carbocycles. The summed E-state index contributed by atoms with van der Waals surface area (Å²) in [5.74, 6) is 1.80. The Bertz CT molecular complexity index is 558. The highest BCUT2D eigenvalue weighted by atomic mass is 16.5. The molecule has 0 saturated heterocycles. The first-order valence-electron chi connectivity index (χ1n) is 7.07. The molecule has 1 heterocycles. The summed E-state index contributed by atoms with van der Waals surface area (Å²) >= 11 is 0. The van der Waals surface area contributed by atoms with Crippen molar-refractivity contribution < 1.29 is 9.47 Å². The number of benzene rings is 1. The molecule has 108 valence electrons. The number of rotatable bonds is 3. The Kier molecular flexibility index (Phi) is 4.48. The molecule has 0 radical (unpaired) electrons. The van der Waals surface area contributed by atoms with E-state index in [2.05, 4.69) is 31.0 Å². The van der Waals surface area contributed by atoms with Crippen LogP contribution in [-0.2, 0) is 11.2 Å². The van der Waals surface area contributed by atoms with Crippen molar-refractivity contribution in [2.24, 2.45) is 4.99 Å². The monoisotopic (exact) mass is 273 g/mol. The molecule has 3 heteroatoms. The maximum absolute atomic E-state index is 6.15. The molecule has 0 saturated carbocycles. The van der Waals surface area contributed by atoms with E-state index in [1.165, 1.54) is 16.7 Å². The van der Waals surface area contributed by atoms with Crippen molar-refractivity contribution in [3.05, 3.63) is 40.3 Å². The van der Waals surface area contributed by atoms with Crippen LogP contribution in [0.2, 0.25) is 0 Å². The van der Waals surface area contributed by atoms with Crippen molar-refractivity contribution >= 4 is 6.21 Å². The van der Waals surface area contributed by atoms with Crippen LogP contribution in [0.3, 0.4) is 0 Å². The van der Waals surface area contributed by atoms with Crippen LogP contribution >= 0.6 is 0 Å². The first-order valence-corrected chi connectivity index (χ1v) is 7.07. The molecule has 0 bridgehead atoms. The van der Waals surface area contributed by atoms with Crippen LogP contribution < -0.4 is 4.74 Å². The number of nitrogens with zero attached hydrogens (tertiary/aromatic N) is 1. The van der Waals surface area contributed by atoms with Gasteiger partial charge in [0.05, 0.1) is 7.11 Å². The molecule has 0 aliphatic carbocycles. The highest BCUT2D eigenvalue weighted by molar-refractivity contribution is 5.56. The minimum atomic E-state index is -0.0271. The molecule has 1 unspecified atom stereocenters. The minimum absolute atomic E-state index is 0.0271. The van der Waals surface area contributed by atoms with Gasteiger partial charge in [-0.15, -0.1) is 0 Å². The van der Waals surface area contributed by atoms with Crippen molar-refractivity contribution in [1.29, 1.82) is 0 Å². The number of ether oxygens (including phenoxy) is 2. The average molecular weight is 273 g/mol. The fourth-order valence-corrected chi connectivity index (χ4v) is 2.49. The molecular formula is C17H23NO2. The van der Waals surface area contributed by atoms with Crippen LogP contribution in [0.25, 0.3) is 0 Å². The van der Waals surface area contributed by atoms with Crippen LogP contribution in [0.1, 0.15) is 37.0 Å². The van der Waals surface area contributed by atoms with Crippen molar-refractivity contribution in [2.45, 2.75) is 46.6 Å². The van der Waals surface area contributed by atoms with E-state index in [0.29, 0.717) is 0 Å². The second-order valence-corrected chi connectivity index (χ2v) is 5.22. The number of methoxy groups -OCH3 is 1. The summed E-state index contributed by atoms with van der Waals surface area (Å²) in [5, 5.41) is 0. The normalized spacial score (nSPS) is 19.4. The minimum Gasteiger partial charge on any atom is -0.499 e. The van der Waals surface area contributed by atoms with Crippen molar-refractivity contribution in [1.82, 2.24) is 0 Å². The standard InChI is InChI=1S/C17H23NO2/c1-6-18-17(13(4)19-5)15-8-7-14-9-11(2)12(3)10-16(14)20-15/h6,9-10,15H,7-8H2,1-5H3/b17-13+,18-6?. The molecule has 1 aromatic rings. The van der Waals surface area contributed by atoms with Crippen LogP contribution in [-0.4, -0.2) is 19.4 Å². The van der Waals surface area contributed by atoms with Crippen LogP contribution in [0, 0.1) is 13.8 Å². The van der Waals surface area contributed by atoms with Crippen molar-refractivity contribution in [3.63, 3.8) is 0 Å². The van der Waals surface area contributed by atoms with E-state index >= 15 is 0 Å². The van der Waals surface area contributed by atoms with Crippen molar-refractivity contribution in [2.75, 3.05) is 7.11 Å². The van der Waals surface area contributed by atoms with E-state index in [4.69, 9.17) is 9.47 Å². The fraction of sp³-hybridized carbons (Fsp3) is 0.471. The molecule has 20 heavy (non-hydrogen) atoms. The second-order valence-electron chi connectivity index (χ2n) is 5.22. The Labute approximate surface area is 121 Å². The summed E-state index contributed by atoms with van der Waals surface area (Å²) < 4.78 is 11.5. The Balaban J connectivity index is 2.32. The van der Waals surface area contributed by atoms with E-state index in [9.17, 15) is 0 Å². The van der Waals surface area contributed by atoms with Gasteiger partial charge in [0.1, 0.15) is 23.3 Å². The number of allylic oxidation sites excluding steroid dienone is 1. The molecule has 0 fully saturated rings. The number of fused-ring (bicyclic) bond motifs is 1. The molecule has 1 aliphatic rings. The summed E-state index contributed by atoms with van der Waals surface area (Å²) in [6.45, 7) is 8.10. The van der Waals surface area contributed by atoms with Gasteiger partial charge in [-0.05, 0) is 63.3 Å². The molecule has 1 atom stereocenters. The van der Waals surface area contributed by atoms with Gasteiger partial charge in [0.2, 0.25) is 0 Å². The van der Waals surface area contributed by atoms with Gasteiger partial charge in [0.25, 0.3) is 0 Å². The summed E-state index contributed by atoms with van der Waals surface area (Å²) in [5.41, 5.74) is 4.76. The Morgan fingerprint density at radius 3 is 2.70 bits per heavy atom. The second kappa shape index (κ2) is 6.12. The Morgan fingerprint density at radius 2 is 2.05 bits per heavy atom. The number of aliphatic imine (C=N–C) groups is 1. The zero-order valence-electron chi connectivity index (χ0n) is 13.0. The predicted octanol–water partition coefficient (Wildman–Crippen LogP) is 3.97. The summed E-state index contributed by atoms with van der Waals surface area (Å²) in [7, 11) is 1.67. The molecule has 0 N–H and O–H groups in total. The first-order chi connectivity index (χ1) is 9.56. The van der Waals surface area contributed by atoms with E-state index < -0.39 is 0 Å². The number of aryl methyl sites for hydroxylation is 3. The first kappa shape index (κ1) is 14.6. The summed E-state index contributed by atoms with van der Waals surface area (Å²) in [6.07, 6.45) is 3.71. The van der Waals surface area contributed by atoms with Gasteiger partial charge in [-0.25, -0.2) is 0 Å². The smallest absolute Gasteiger partial charge is 0.144 e. The van der Waals surface area contributed by atoms with Crippen molar-refractivity contribution in [3.8, 4) is 5.75 Å². The lowest BCUT2D eigenvalue weighted by Crippen LogP contribution is -2.25. The Morgan fingerprint density at radius 1 is 1.35 bits per heavy atom. The van der Waals surface area contributed by atoms with Gasteiger partial charge in [-0.3, -0.25) is 4.99 Å². The molecule has 2 rings (SSSR count). The molecule has 1 aliphatic heterocycles. The van der Waals surface area contributed by atoms with E-state index in [-0.39, 0.29) is 6.10 Å². The van der Waals surface area contributed by atoms with Gasteiger partial charge in [-0.2, -0.15) is 0 Å². The molecule has 0 amide bonds. The van der Waals surface area contributed by atoms with Gasteiger partial charge in [0.15, 0.2) is 0 Å². The highest BCUT2D eigenvalue weighted by Gasteiger charge is 2.25. The molecule has 0 aromatic heterocycles. The maximum Gasteiger partial charge on any atom is 0.144 e. The molecule has 0 spiro atoms. The number of hydrogen-bond donors (Lipinski definition) is 0. The third-order valence-corrected chi connectivity index (χ3v) is 3.86. The predicted molar refractivity (Wildman–Crippen MR) is 82.5 cm³/mol. The lowest BCUT2D eigenvalue weighted by Gasteiger charge is -2.28. The SMILES string of the molecule is CC=N/C(=C(\C)OC)C1CCc2cc(C)c(C)cc2O1. The van der Waals surface area contributed by atoms with E-state index in [1.54, 1.807) is 13.3 Å². The lowest BCUT2D eigenvalue weighted by atomic mass is 9.96. The summed E-state index contributed by atoms with van der Waals surface area (Å²) in [6, 6.07) is 4.36. The largest absolute Gasteiger partial charge is 0.499 e. The topological polar surface area (TPSA) is 30.8 Å². The van der Waals surface area contributed by atoms with E-state index in [1.807, 2.05) is 13.8 Å². The fourth-order valence-electron chi connectivity index (χ4n) is 2.49. The van der Waals surface area contributed by atoms with E-state index in [0.717, 1.165) is 30.0 Å². The van der Waals surface area contributed by atoms with Gasteiger partial charge < -0.3 is 9.47 Å². The third kappa shape index (κ3) is 2.87. The zero-order chi connectivity index (χ0) is 14.7. The molecular weight excluding hydrogens is 250 g/mol. The van der Waals surface area contributed by atoms with Crippen LogP contribution in [0.4, 0.5) is 0 Å². The quantitative estimate of drug-likeness (QED) is 0.616. The third-order valence-electron chi connectivity index (χ3n) is 3.86. The van der Waals surface area contributed by atoms with Gasteiger partial charge >= 0.3 is 0 Å². The van der Waals surface area contributed by atoms with Gasteiger partial charge in [-0.1, -0.05) is 6.07 Å². The highest BCUT2D eigenvalue weighted by Crippen LogP contribution is 2.33. The lowest BCUT2D eigenvalue weighted by molar-refractivity contribution is 0.192. The van der Waals surface area contributed by atoms with Crippen LogP contribution in [0.15, 0.2) is 28.6 Å². The average Bonchev–Trinajstić information content (AvgIpc) is 2.45. The summed E-state index contributed by atoms with van der Waals surface area (Å²) in [4.78, 5) is 4.44.